The highest BCUT2D eigenvalue weighted by Crippen LogP contribution is 2.11. The molecule has 42 heavy (non-hydrogen) atoms. The van der Waals surface area contributed by atoms with Crippen LogP contribution in [0.2, 0.25) is 0 Å². The van der Waals surface area contributed by atoms with Crippen molar-refractivity contribution in [3.8, 4) is 0 Å². The zero-order valence-corrected chi connectivity index (χ0v) is 24.8. The van der Waals surface area contributed by atoms with Crippen molar-refractivity contribution in [2.75, 3.05) is 52.7 Å². The zero-order valence-electron chi connectivity index (χ0n) is 24.8. The topological polar surface area (TPSA) is 126 Å². The van der Waals surface area contributed by atoms with E-state index in [0.29, 0.717) is 26.4 Å². The van der Waals surface area contributed by atoms with Gasteiger partial charge in [-0.1, -0.05) is 60.7 Å². The van der Waals surface area contributed by atoms with Crippen LogP contribution in [-0.2, 0) is 46.4 Å². The number of benzene rings is 2. The first-order chi connectivity index (χ1) is 20.3. The van der Waals surface area contributed by atoms with Gasteiger partial charge in [0.15, 0.2) is 0 Å². The third-order valence-electron chi connectivity index (χ3n) is 5.74. The Morgan fingerprint density at radius 1 is 0.786 bits per heavy atom. The van der Waals surface area contributed by atoms with E-state index in [2.05, 4.69) is 10.6 Å². The second kappa shape index (κ2) is 18.3. The van der Waals surface area contributed by atoms with Crippen LogP contribution in [0.5, 0.6) is 0 Å². The van der Waals surface area contributed by atoms with E-state index in [0.717, 1.165) is 17.7 Å². The van der Waals surface area contributed by atoms with E-state index in [4.69, 9.17) is 33.2 Å². The van der Waals surface area contributed by atoms with Gasteiger partial charge in [0.1, 0.15) is 30.5 Å². The van der Waals surface area contributed by atoms with Crippen molar-refractivity contribution in [1.29, 1.82) is 0 Å². The molecule has 0 spiro atoms. The van der Waals surface area contributed by atoms with Crippen molar-refractivity contribution in [2.45, 2.75) is 57.9 Å². The predicted octanol–water partition coefficient (Wildman–Crippen LogP) is 3.84. The minimum Gasteiger partial charge on any atom is -0.447 e. The zero-order chi connectivity index (χ0) is 30.0. The molecule has 2 aromatic carbocycles. The molecular formula is C31H44N2O9. The van der Waals surface area contributed by atoms with Crippen molar-refractivity contribution >= 4 is 12.2 Å². The van der Waals surface area contributed by atoms with E-state index in [1.54, 1.807) is 20.8 Å². The molecule has 0 aromatic heterocycles. The summed E-state index contributed by atoms with van der Waals surface area (Å²) in [6, 6.07) is 19.6. The SMILES string of the molecule is CC(C)(C)OC(=O)NCCNC(=O)OCC(COCC(COCC1CO1)OCc1ccccc1)OCc1ccccc1. The molecule has 0 aliphatic carbocycles. The normalized spacial score (nSPS) is 15.8. The third-order valence-corrected chi connectivity index (χ3v) is 5.74. The summed E-state index contributed by atoms with van der Waals surface area (Å²) in [4.78, 5) is 24.0. The lowest BCUT2D eigenvalue weighted by atomic mass is 10.2. The van der Waals surface area contributed by atoms with Crippen molar-refractivity contribution < 1.29 is 42.7 Å². The Balaban J connectivity index is 1.43. The third kappa shape index (κ3) is 15.7. The number of amides is 2. The van der Waals surface area contributed by atoms with Gasteiger partial charge in [0.2, 0.25) is 0 Å². The van der Waals surface area contributed by atoms with Crippen LogP contribution in [0.3, 0.4) is 0 Å². The number of nitrogens with one attached hydrogen (secondary N) is 2. The summed E-state index contributed by atoms with van der Waals surface area (Å²) in [5.74, 6) is 0. The Hall–Kier alpha value is -3.22. The standard InChI is InChI=1S/C31H44N2O9/c1-31(2,3)42-30(35)33-15-14-32-29(34)41-23-28(39-17-25-12-8-5-9-13-25)21-37-19-26(18-36-20-27-22-40-27)38-16-24-10-6-4-7-11-24/h4-13,26-28H,14-23H2,1-3H3,(H,32,34)(H,33,35). The monoisotopic (exact) mass is 588 g/mol. The predicted molar refractivity (Wildman–Crippen MR) is 155 cm³/mol. The van der Waals surface area contributed by atoms with Gasteiger partial charge in [0.25, 0.3) is 0 Å². The van der Waals surface area contributed by atoms with E-state index < -0.39 is 23.9 Å². The van der Waals surface area contributed by atoms with Gasteiger partial charge in [-0.15, -0.1) is 0 Å². The molecule has 0 saturated carbocycles. The maximum Gasteiger partial charge on any atom is 0.407 e. The van der Waals surface area contributed by atoms with Gasteiger partial charge in [-0.2, -0.15) is 0 Å². The molecule has 11 nitrogen and oxygen atoms in total. The Morgan fingerprint density at radius 2 is 1.29 bits per heavy atom. The van der Waals surface area contributed by atoms with Crippen molar-refractivity contribution in [3.63, 3.8) is 0 Å². The first-order valence-corrected chi connectivity index (χ1v) is 14.2. The lowest BCUT2D eigenvalue weighted by Crippen LogP contribution is -2.39. The van der Waals surface area contributed by atoms with Crippen LogP contribution in [0.4, 0.5) is 9.59 Å². The Bertz CT molecular complexity index is 1030. The summed E-state index contributed by atoms with van der Waals surface area (Å²) in [7, 11) is 0. The fourth-order valence-electron chi connectivity index (χ4n) is 3.55. The molecule has 0 bridgehead atoms. The number of rotatable bonds is 19. The number of ether oxygens (including phenoxy) is 7. The lowest BCUT2D eigenvalue weighted by molar-refractivity contribution is -0.0965. The fraction of sp³-hybridized carbons (Fsp3) is 0.548. The van der Waals surface area contributed by atoms with E-state index in [9.17, 15) is 9.59 Å². The van der Waals surface area contributed by atoms with Gasteiger partial charge >= 0.3 is 12.2 Å². The summed E-state index contributed by atoms with van der Waals surface area (Å²) >= 11 is 0. The first kappa shape index (κ1) is 33.3. The molecule has 2 aromatic rings. The minimum absolute atomic E-state index is 0.0246. The number of carbonyl (C=O) groups is 2. The maximum atomic E-state index is 12.3. The van der Waals surface area contributed by atoms with Crippen LogP contribution in [0.15, 0.2) is 60.7 Å². The molecule has 1 aliphatic heterocycles. The molecule has 3 atom stereocenters. The molecule has 232 valence electrons. The number of hydrogen-bond acceptors (Lipinski definition) is 9. The molecule has 1 fully saturated rings. The fourth-order valence-corrected chi connectivity index (χ4v) is 3.55. The molecular weight excluding hydrogens is 544 g/mol. The van der Waals surface area contributed by atoms with Crippen LogP contribution < -0.4 is 10.6 Å². The maximum absolute atomic E-state index is 12.3. The highest BCUT2D eigenvalue weighted by molar-refractivity contribution is 5.68. The second-order valence-corrected chi connectivity index (χ2v) is 10.8. The summed E-state index contributed by atoms with van der Waals surface area (Å²) < 4.78 is 39.6. The Kier molecular flexibility index (Phi) is 14.5. The van der Waals surface area contributed by atoms with Crippen molar-refractivity contribution in [2.24, 2.45) is 0 Å². The Labute approximate surface area is 248 Å². The number of alkyl carbamates (subject to hydrolysis) is 2. The average Bonchev–Trinajstić information content (AvgIpc) is 3.79. The second-order valence-electron chi connectivity index (χ2n) is 10.8. The quantitative estimate of drug-likeness (QED) is 0.186. The van der Waals surface area contributed by atoms with E-state index in [-0.39, 0.29) is 45.1 Å². The largest absolute Gasteiger partial charge is 0.447 e. The van der Waals surface area contributed by atoms with Crippen molar-refractivity contribution in [3.05, 3.63) is 71.8 Å². The molecule has 2 N–H and O–H groups in total. The van der Waals surface area contributed by atoms with E-state index >= 15 is 0 Å². The van der Waals surface area contributed by atoms with E-state index in [1.165, 1.54) is 0 Å². The molecule has 11 heteroatoms. The van der Waals surface area contributed by atoms with Gasteiger partial charge < -0.3 is 43.8 Å². The molecule has 2 amide bonds. The molecule has 3 rings (SSSR count). The average molecular weight is 589 g/mol. The van der Waals surface area contributed by atoms with Crippen LogP contribution in [0, 0.1) is 0 Å². The highest BCUT2D eigenvalue weighted by Gasteiger charge is 2.23. The Morgan fingerprint density at radius 3 is 1.81 bits per heavy atom. The molecule has 1 aliphatic rings. The van der Waals surface area contributed by atoms with Gasteiger partial charge in [0.05, 0.1) is 46.2 Å². The van der Waals surface area contributed by atoms with Gasteiger partial charge in [0, 0.05) is 13.1 Å². The van der Waals surface area contributed by atoms with Gasteiger partial charge in [-0.3, -0.25) is 0 Å². The number of epoxide rings is 1. The van der Waals surface area contributed by atoms with Gasteiger partial charge in [-0.25, -0.2) is 9.59 Å². The minimum atomic E-state index is -0.630. The number of carbonyl (C=O) groups excluding carboxylic acids is 2. The van der Waals surface area contributed by atoms with Crippen LogP contribution in [0.1, 0.15) is 31.9 Å². The lowest BCUT2D eigenvalue weighted by Gasteiger charge is -2.22. The van der Waals surface area contributed by atoms with Crippen LogP contribution in [0.25, 0.3) is 0 Å². The van der Waals surface area contributed by atoms with E-state index in [1.807, 2.05) is 60.7 Å². The molecule has 1 saturated heterocycles. The van der Waals surface area contributed by atoms with Gasteiger partial charge in [-0.05, 0) is 31.9 Å². The molecule has 3 unspecified atom stereocenters. The smallest absolute Gasteiger partial charge is 0.407 e. The summed E-state index contributed by atoms with van der Waals surface area (Å²) in [5.41, 5.74) is 1.44. The summed E-state index contributed by atoms with van der Waals surface area (Å²) in [5, 5.41) is 5.18. The molecule has 1 heterocycles. The van der Waals surface area contributed by atoms with Crippen molar-refractivity contribution in [1.82, 2.24) is 10.6 Å². The van der Waals surface area contributed by atoms with Crippen LogP contribution in [-0.4, -0.2) is 88.8 Å². The number of hydrogen-bond donors (Lipinski definition) is 2. The highest BCUT2D eigenvalue weighted by atomic mass is 16.6. The summed E-state index contributed by atoms with van der Waals surface area (Å²) in [6.45, 7) is 8.48. The van der Waals surface area contributed by atoms with Crippen LogP contribution >= 0.6 is 0 Å². The first-order valence-electron chi connectivity index (χ1n) is 14.2. The molecule has 0 radical (unpaired) electrons. The summed E-state index contributed by atoms with van der Waals surface area (Å²) in [6.07, 6.45) is -1.85.